The van der Waals surface area contributed by atoms with Crippen LogP contribution in [0.3, 0.4) is 0 Å². The highest BCUT2D eigenvalue weighted by molar-refractivity contribution is 5.57. The maximum absolute atomic E-state index is 5.43. The average molecular weight is 256 g/mol. The molecule has 1 atom stereocenters. The molecule has 5 heteroatoms. The van der Waals surface area contributed by atoms with Gasteiger partial charge in [0.05, 0.1) is 0 Å². The van der Waals surface area contributed by atoms with Crippen LogP contribution in [-0.4, -0.2) is 23.2 Å². The summed E-state index contributed by atoms with van der Waals surface area (Å²) in [5.41, 5.74) is 2.49. The molecule has 19 heavy (non-hydrogen) atoms. The molecule has 1 unspecified atom stereocenters. The summed E-state index contributed by atoms with van der Waals surface area (Å²) < 4.78 is 5.43. The van der Waals surface area contributed by atoms with Crippen molar-refractivity contribution < 1.29 is 4.52 Å². The van der Waals surface area contributed by atoms with Crippen molar-refractivity contribution in [3.05, 3.63) is 35.7 Å². The molecule has 0 spiro atoms. The van der Waals surface area contributed by atoms with Crippen molar-refractivity contribution in [2.45, 2.75) is 25.3 Å². The minimum atomic E-state index is 0.112. The molecule has 0 radical (unpaired) electrons. The molecule has 4 rings (SSSR count). The Hall–Kier alpha value is -2.04. The van der Waals surface area contributed by atoms with Crippen molar-refractivity contribution in [1.82, 2.24) is 10.1 Å². The van der Waals surface area contributed by atoms with Gasteiger partial charge >= 0.3 is 0 Å². The molecule has 0 bridgehead atoms. The third-order valence-corrected chi connectivity index (χ3v) is 3.89. The summed E-state index contributed by atoms with van der Waals surface area (Å²) in [5, 5.41) is 7.55. The Kier molecular flexibility index (Phi) is 2.43. The van der Waals surface area contributed by atoms with E-state index in [0.717, 1.165) is 25.5 Å². The van der Waals surface area contributed by atoms with Gasteiger partial charge in [0.2, 0.25) is 0 Å². The Morgan fingerprint density at radius 1 is 1.21 bits per heavy atom. The van der Waals surface area contributed by atoms with E-state index in [1.54, 1.807) is 0 Å². The van der Waals surface area contributed by atoms with Crippen LogP contribution in [0.4, 0.5) is 11.6 Å². The fourth-order valence-electron chi connectivity index (χ4n) is 2.86. The van der Waals surface area contributed by atoms with Gasteiger partial charge in [0.1, 0.15) is 6.04 Å². The van der Waals surface area contributed by atoms with Gasteiger partial charge in [0, 0.05) is 25.2 Å². The van der Waals surface area contributed by atoms with Crippen molar-refractivity contribution in [2.75, 3.05) is 23.3 Å². The second-order valence-corrected chi connectivity index (χ2v) is 5.18. The molecule has 1 saturated heterocycles. The predicted octanol–water partition coefficient (Wildman–Crippen LogP) is 2.38. The van der Waals surface area contributed by atoms with Crippen molar-refractivity contribution >= 4 is 11.6 Å². The lowest BCUT2D eigenvalue weighted by atomic mass is 10.1. The van der Waals surface area contributed by atoms with Crippen LogP contribution in [-0.2, 0) is 6.42 Å². The lowest BCUT2D eigenvalue weighted by Crippen LogP contribution is -2.19. The maximum atomic E-state index is 5.43. The number of benzene rings is 1. The zero-order chi connectivity index (χ0) is 12.7. The van der Waals surface area contributed by atoms with E-state index in [2.05, 4.69) is 38.6 Å². The van der Waals surface area contributed by atoms with Gasteiger partial charge in [0.25, 0.3) is 11.8 Å². The number of nitrogens with one attached hydrogen (secondary N) is 1. The molecule has 2 aliphatic heterocycles. The molecule has 0 saturated carbocycles. The highest BCUT2D eigenvalue weighted by Gasteiger charge is 2.27. The number of nitrogens with zero attached hydrogens (tertiary/aromatic N) is 3. The van der Waals surface area contributed by atoms with Crippen molar-refractivity contribution in [3.63, 3.8) is 0 Å². The Morgan fingerprint density at radius 3 is 2.89 bits per heavy atom. The fourth-order valence-corrected chi connectivity index (χ4v) is 2.86. The quantitative estimate of drug-likeness (QED) is 0.894. The van der Waals surface area contributed by atoms with Gasteiger partial charge in [-0.05, 0) is 29.6 Å². The number of rotatable bonds is 2. The summed E-state index contributed by atoms with van der Waals surface area (Å²) in [7, 11) is 0. The summed E-state index contributed by atoms with van der Waals surface area (Å²) in [4.78, 5) is 6.73. The molecule has 5 nitrogen and oxygen atoms in total. The van der Waals surface area contributed by atoms with Crippen molar-refractivity contribution in [3.8, 4) is 0 Å². The SMILES string of the molecule is c1ccc2c(c1)CC(c1nc(N3CCCC3)no1)N2. The van der Waals surface area contributed by atoms with E-state index in [-0.39, 0.29) is 6.04 Å². The zero-order valence-corrected chi connectivity index (χ0v) is 10.7. The second kappa shape index (κ2) is 4.26. The standard InChI is InChI=1S/C14H16N4O/c1-2-6-11-10(5-1)9-12(15-11)13-16-14(17-19-13)18-7-3-4-8-18/h1-2,5-6,12,15H,3-4,7-9H2. The van der Waals surface area contributed by atoms with Crippen LogP contribution >= 0.6 is 0 Å². The molecule has 1 N–H and O–H groups in total. The van der Waals surface area contributed by atoms with Gasteiger partial charge in [-0.3, -0.25) is 0 Å². The van der Waals surface area contributed by atoms with E-state index in [9.17, 15) is 0 Å². The zero-order valence-electron chi connectivity index (χ0n) is 10.7. The van der Waals surface area contributed by atoms with Crippen LogP contribution in [0, 0.1) is 0 Å². The van der Waals surface area contributed by atoms with E-state index < -0.39 is 0 Å². The normalized spacial score (nSPS) is 21.5. The van der Waals surface area contributed by atoms with Gasteiger partial charge < -0.3 is 14.7 Å². The first-order valence-corrected chi connectivity index (χ1v) is 6.83. The molecule has 0 aliphatic carbocycles. The Morgan fingerprint density at radius 2 is 2.05 bits per heavy atom. The lowest BCUT2D eigenvalue weighted by molar-refractivity contribution is 0.363. The molecule has 3 heterocycles. The topological polar surface area (TPSA) is 54.2 Å². The van der Waals surface area contributed by atoms with Gasteiger partial charge in [-0.1, -0.05) is 18.2 Å². The summed E-state index contributed by atoms with van der Waals surface area (Å²) >= 11 is 0. The highest BCUT2D eigenvalue weighted by atomic mass is 16.5. The number of para-hydroxylation sites is 1. The van der Waals surface area contributed by atoms with Crippen molar-refractivity contribution in [2.24, 2.45) is 0 Å². The van der Waals surface area contributed by atoms with Gasteiger partial charge in [-0.25, -0.2) is 0 Å². The molecular formula is C14H16N4O. The second-order valence-electron chi connectivity index (χ2n) is 5.18. The number of hydrogen-bond donors (Lipinski definition) is 1. The van der Waals surface area contributed by atoms with Crippen LogP contribution in [0.2, 0.25) is 0 Å². The summed E-state index contributed by atoms with van der Waals surface area (Å²) in [5.74, 6) is 1.43. The molecule has 1 aromatic carbocycles. The third-order valence-electron chi connectivity index (χ3n) is 3.89. The number of anilines is 2. The van der Waals surface area contributed by atoms with Crippen LogP contribution in [0.1, 0.15) is 30.3 Å². The lowest BCUT2D eigenvalue weighted by Gasteiger charge is -2.10. The van der Waals surface area contributed by atoms with Crippen LogP contribution < -0.4 is 10.2 Å². The van der Waals surface area contributed by atoms with E-state index in [1.807, 2.05) is 6.07 Å². The van der Waals surface area contributed by atoms with Gasteiger partial charge in [0.15, 0.2) is 0 Å². The van der Waals surface area contributed by atoms with E-state index in [4.69, 9.17) is 4.52 Å². The monoisotopic (exact) mass is 256 g/mol. The minimum Gasteiger partial charge on any atom is -0.373 e. The summed E-state index contributed by atoms with van der Waals surface area (Å²) in [6.07, 6.45) is 3.35. The molecule has 2 aliphatic rings. The van der Waals surface area contributed by atoms with E-state index >= 15 is 0 Å². The summed E-state index contributed by atoms with van der Waals surface area (Å²) in [6.45, 7) is 2.08. The van der Waals surface area contributed by atoms with E-state index in [1.165, 1.54) is 24.1 Å². The van der Waals surface area contributed by atoms with Gasteiger partial charge in [-0.2, -0.15) is 4.98 Å². The number of aromatic nitrogens is 2. The summed E-state index contributed by atoms with van der Waals surface area (Å²) in [6, 6.07) is 8.44. The number of fused-ring (bicyclic) bond motifs is 1. The first-order chi connectivity index (χ1) is 9.40. The van der Waals surface area contributed by atoms with Crippen LogP contribution in [0.25, 0.3) is 0 Å². The molecule has 98 valence electrons. The minimum absolute atomic E-state index is 0.112. The Labute approximate surface area is 111 Å². The Bertz CT molecular complexity index is 564. The largest absolute Gasteiger partial charge is 0.373 e. The van der Waals surface area contributed by atoms with E-state index in [0.29, 0.717) is 5.89 Å². The molecule has 1 fully saturated rings. The Balaban J connectivity index is 1.55. The first-order valence-electron chi connectivity index (χ1n) is 6.83. The van der Waals surface area contributed by atoms with Crippen LogP contribution in [0.15, 0.2) is 28.8 Å². The molecule has 1 aromatic heterocycles. The predicted molar refractivity (Wildman–Crippen MR) is 72.3 cm³/mol. The average Bonchev–Trinajstić information content (AvgIpc) is 3.17. The van der Waals surface area contributed by atoms with Gasteiger partial charge in [-0.15, -0.1) is 0 Å². The maximum Gasteiger partial charge on any atom is 0.266 e. The smallest absolute Gasteiger partial charge is 0.266 e. The molecular weight excluding hydrogens is 240 g/mol. The number of hydrogen-bond acceptors (Lipinski definition) is 5. The third kappa shape index (κ3) is 1.85. The molecule has 0 amide bonds. The fraction of sp³-hybridized carbons (Fsp3) is 0.429. The first kappa shape index (κ1) is 10.8. The van der Waals surface area contributed by atoms with Crippen LogP contribution in [0.5, 0.6) is 0 Å². The van der Waals surface area contributed by atoms with Crippen molar-refractivity contribution in [1.29, 1.82) is 0 Å². The molecule has 2 aromatic rings. The highest BCUT2D eigenvalue weighted by Crippen LogP contribution is 2.33.